The molecule has 0 saturated carbocycles. The van der Waals surface area contributed by atoms with Gasteiger partial charge in [0.05, 0.1) is 12.5 Å². The topological polar surface area (TPSA) is 52.3 Å². The van der Waals surface area contributed by atoms with Crippen molar-refractivity contribution in [3.63, 3.8) is 0 Å². The number of nitrogens with two attached hydrogens (primary N) is 1. The quantitative estimate of drug-likeness (QED) is 0.815. The van der Waals surface area contributed by atoms with Gasteiger partial charge < -0.3 is 14.6 Å². The van der Waals surface area contributed by atoms with Gasteiger partial charge in [0, 0.05) is 18.9 Å². The van der Waals surface area contributed by atoms with Crippen LogP contribution in [-0.2, 0) is 12.8 Å². The molecule has 0 saturated heterocycles. The van der Waals surface area contributed by atoms with Gasteiger partial charge in [-0.2, -0.15) is 0 Å². The first-order valence-corrected chi connectivity index (χ1v) is 5.15. The molecule has 3 nitrogen and oxygen atoms in total. The monoisotopic (exact) mass is 205 g/mol. The minimum atomic E-state index is 0.126. The maximum atomic E-state index is 5.98. The van der Waals surface area contributed by atoms with Crippen molar-refractivity contribution in [3.8, 4) is 0 Å². The molecule has 2 heterocycles. The number of furan rings is 2. The molecule has 2 aromatic heterocycles. The molecule has 0 aliphatic heterocycles. The van der Waals surface area contributed by atoms with Crippen molar-refractivity contribution < 1.29 is 8.83 Å². The lowest BCUT2D eigenvalue weighted by Gasteiger charge is -2.08. The van der Waals surface area contributed by atoms with Crippen molar-refractivity contribution in [1.29, 1.82) is 0 Å². The maximum Gasteiger partial charge on any atom is 0.105 e. The minimum absolute atomic E-state index is 0.126. The minimum Gasteiger partial charge on any atom is -0.469 e. The zero-order chi connectivity index (χ0) is 10.5. The molecule has 3 heteroatoms. The standard InChI is InChI=1S/C12H15NO2/c13-10(9-12-4-2-8-15-12)5-6-11-3-1-7-14-11/h1-4,7-8,10H,5-6,9,13H2. The van der Waals surface area contributed by atoms with Gasteiger partial charge in [0.25, 0.3) is 0 Å². The summed E-state index contributed by atoms with van der Waals surface area (Å²) in [7, 11) is 0. The first-order valence-electron chi connectivity index (χ1n) is 5.15. The third-order valence-corrected chi connectivity index (χ3v) is 2.39. The number of rotatable bonds is 5. The predicted octanol–water partition coefficient (Wildman–Crippen LogP) is 2.38. The van der Waals surface area contributed by atoms with Crippen LogP contribution in [0.4, 0.5) is 0 Å². The molecule has 0 aliphatic rings. The van der Waals surface area contributed by atoms with Gasteiger partial charge in [-0.1, -0.05) is 0 Å². The van der Waals surface area contributed by atoms with Gasteiger partial charge in [-0.25, -0.2) is 0 Å². The summed E-state index contributed by atoms with van der Waals surface area (Å²) in [5.74, 6) is 1.94. The summed E-state index contributed by atoms with van der Waals surface area (Å²) < 4.78 is 10.5. The molecule has 80 valence electrons. The van der Waals surface area contributed by atoms with Gasteiger partial charge >= 0.3 is 0 Å². The zero-order valence-electron chi connectivity index (χ0n) is 8.56. The van der Waals surface area contributed by atoms with Gasteiger partial charge in [0.15, 0.2) is 0 Å². The Balaban J connectivity index is 1.76. The van der Waals surface area contributed by atoms with E-state index in [0.717, 1.165) is 30.8 Å². The van der Waals surface area contributed by atoms with Crippen LogP contribution >= 0.6 is 0 Å². The highest BCUT2D eigenvalue weighted by atomic mass is 16.3. The van der Waals surface area contributed by atoms with Crippen LogP contribution in [0.3, 0.4) is 0 Å². The summed E-state index contributed by atoms with van der Waals surface area (Å²) in [5.41, 5.74) is 5.98. The molecule has 0 radical (unpaired) electrons. The second-order valence-electron chi connectivity index (χ2n) is 3.66. The van der Waals surface area contributed by atoms with Crippen molar-refractivity contribution in [2.24, 2.45) is 5.73 Å². The summed E-state index contributed by atoms with van der Waals surface area (Å²) in [6, 6.07) is 7.83. The Morgan fingerprint density at radius 3 is 2.33 bits per heavy atom. The van der Waals surface area contributed by atoms with Gasteiger partial charge in [0.1, 0.15) is 11.5 Å². The normalized spacial score (nSPS) is 12.9. The van der Waals surface area contributed by atoms with Crippen LogP contribution in [-0.4, -0.2) is 6.04 Å². The Hall–Kier alpha value is -1.48. The van der Waals surface area contributed by atoms with Crippen molar-refractivity contribution in [1.82, 2.24) is 0 Å². The highest BCUT2D eigenvalue weighted by molar-refractivity contribution is 5.02. The fourth-order valence-electron chi connectivity index (χ4n) is 1.57. The molecule has 0 amide bonds. The Kier molecular flexibility index (Phi) is 3.25. The van der Waals surface area contributed by atoms with Crippen LogP contribution in [0.1, 0.15) is 17.9 Å². The van der Waals surface area contributed by atoms with Crippen molar-refractivity contribution >= 4 is 0 Å². The zero-order valence-corrected chi connectivity index (χ0v) is 8.56. The number of hydrogen-bond acceptors (Lipinski definition) is 3. The first kappa shape index (κ1) is 10.1. The SMILES string of the molecule is NC(CCc1ccco1)Cc1ccco1. The van der Waals surface area contributed by atoms with E-state index < -0.39 is 0 Å². The van der Waals surface area contributed by atoms with Crippen LogP contribution in [0.2, 0.25) is 0 Å². The Morgan fingerprint density at radius 2 is 1.73 bits per heavy atom. The molecule has 0 aromatic carbocycles. The van der Waals surface area contributed by atoms with Crippen LogP contribution in [0.25, 0.3) is 0 Å². The molecule has 2 rings (SSSR count). The summed E-state index contributed by atoms with van der Waals surface area (Å²) in [4.78, 5) is 0. The lowest BCUT2D eigenvalue weighted by Crippen LogP contribution is -2.23. The smallest absolute Gasteiger partial charge is 0.105 e. The highest BCUT2D eigenvalue weighted by Gasteiger charge is 2.07. The van der Waals surface area contributed by atoms with E-state index in [1.54, 1.807) is 12.5 Å². The summed E-state index contributed by atoms with van der Waals surface area (Å²) in [5, 5.41) is 0. The first-order chi connectivity index (χ1) is 7.34. The lowest BCUT2D eigenvalue weighted by molar-refractivity contribution is 0.454. The van der Waals surface area contributed by atoms with E-state index in [1.807, 2.05) is 24.3 Å². The molecule has 2 N–H and O–H groups in total. The van der Waals surface area contributed by atoms with E-state index in [1.165, 1.54) is 0 Å². The van der Waals surface area contributed by atoms with Crippen LogP contribution in [0.15, 0.2) is 45.6 Å². The van der Waals surface area contributed by atoms with Crippen LogP contribution in [0, 0.1) is 0 Å². The van der Waals surface area contributed by atoms with E-state index in [0.29, 0.717) is 0 Å². The average molecular weight is 205 g/mol. The third kappa shape index (κ3) is 2.99. The van der Waals surface area contributed by atoms with E-state index in [2.05, 4.69) is 0 Å². The molecule has 1 unspecified atom stereocenters. The van der Waals surface area contributed by atoms with Crippen LogP contribution in [0.5, 0.6) is 0 Å². The Morgan fingerprint density at radius 1 is 1.07 bits per heavy atom. The van der Waals surface area contributed by atoms with Gasteiger partial charge in [-0.15, -0.1) is 0 Å². The Bertz CT molecular complexity index is 364. The van der Waals surface area contributed by atoms with Gasteiger partial charge in [-0.3, -0.25) is 0 Å². The van der Waals surface area contributed by atoms with Gasteiger partial charge in [0.2, 0.25) is 0 Å². The third-order valence-electron chi connectivity index (χ3n) is 2.39. The maximum absolute atomic E-state index is 5.98. The molecular formula is C12H15NO2. The molecule has 15 heavy (non-hydrogen) atoms. The second-order valence-corrected chi connectivity index (χ2v) is 3.66. The Labute approximate surface area is 88.9 Å². The summed E-state index contributed by atoms with van der Waals surface area (Å²) in [6.45, 7) is 0. The van der Waals surface area contributed by atoms with E-state index >= 15 is 0 Å². The van der Waals surface area contributed by atoms with Crippen molar-refractivity contribution in [2.45, 2.75) is 25.3 Å². The largest absolute Gasteiger partial charge is 0.469 e. The number of hydrogen-bond donors (Lipinski definition) is 1. The molecular weight excluding hydrogens is 190 g/mol. The molecule has 0 spiro atoms. The van der Waals surface area contributed by atoms with Gasteiger partial charge in [-0.05, 0) is 30.7 Å². The molecule has 0 fully saturated rings. The fourth-order valence-corrected chi connectivity index (χ4v) is 1.57. The molecule has 1 atom stereocenters. The van der Waals surface area contributed by atoms with Crippen LogP contribution < -0.4 is 5.73 Å². The number of aryl methyl sites for hydroxylation is 1. The predicted molar refractivity (Wildman–Crippen MR) is 57.4 cm³/mol. The summed E-state index contributed by atoms with van der Waals surface area (Å²) in [6.07, 6.45) is 5.94. The lowest BCUT2D eigenvalue weighted by atomic mass is 10.1. The van der Waals surface area contributed by atoms with Crippen molar-refractivity contribution in [2.75, 3.05) is 0 Å². The van der Waals surface area contributed by atoms with E-state index in [-0.39, 0.29) is 6.04 Å². The second kappa shape index (κ2) is 4.84. The highest BCUT2D eigenvalue weighted by Crippen LogP contribution is 2.09. The summed E-state index contributed by atoms with van der Waals surface area (Å²) >= 11 is 0. The van der Waals surface area contributed by atoms with E-state index in [4.69, 9.17) is 14.6 Å². The molecule has 0 bridgehead atoms. The molecule has 2 aromatic rings. The fraction of sp³-hybridized carbons (Fsp3) is 0.333. The van der Waals surface area contributed by atoms with Crippen molar-refractivity contribution in [3.05, 3.63) is 48.3 Å². The molecule has 0 aliphatic carbocycles. The average Bonchev–Trinajstić information content (AvgIpc) is 2.86. The van der Waals surface area contributed by atoms with E-state index in [9.17, 15) is 0 Å².